The van der Waals surface area contributed by atoms with Crippen LogP contribution in [0, 0.1) is 6.92 Å². The topological polar surface area (TPSA) is 46.5 Å². The Morgan fingerprint density at radius 1 is 1.29 bits per heavy atom. The van der Waals surface area contributed by atoms with Crippen molar-refractivity contribution >= 4 is 28.3 Å². The lowest BCUT2D eigenvalue weighted by Gasteiger charge is -2.12. The minimum atomic E-state index is -0.590. The zero-order valence-corrected chi connectivity index (χ0v) is 10.2. The van der Waals surface area contributed by atoms with Crippen molar-refractivity contribution in [2.45, 2.75) is 6.92 Å². The predicted octanol–water partition coefficient (Wildman–Crippen LogP) is 3.29. The number of fused-ring (bicyclic) bond motifs is 1. The zero-order valence-electron chi connectivity index (χ0n) is 9.45. The van der Waals surface area contributed by atoms with Gasteiger partial charge in [0.05, 0.1) is 12.1 Å². The van der Waals surface area contributed by atoms with Crippen molar-refractivity contribution in [2.24, 2.45) is 0 Å². The molecule has 0 radical (unpaired) electrons. The van der Waals surface area contributed by atoms with Crippen molar-refractivity contribution in [3.05, 3.63) is 40.4 Å². The maximum absolute atomic E-state index is 11.6. The molecule has 0 saturated carbocycles. The average molecular weight is 251 g/mol. The number of carbonyl (C=O) groups excluding carboxylic acids is 1. The first-order valence-electron chi connectivity index (χ1n) is 5.06. The maximum atomic E-state index is 11.6. The lowest BCUT2D eigenvalue weighted by molar-refractivity contribution is 0.0597. The minimum Gasteiger partial charge on any atom is -0.506 e. The highest BCUT2D eigenvalue weighted by molar-refractivity contribution is 6.37. The summed E-state index contributed by atoms with van der Waals surface area (Å²) in [6, 6.07) is 7.10. The standard InChI is InChI=1S/C13H11ClO3/c1-7-10(13(16)17-2)12(15)9-6-4-3-5-8(9)11(7)14/h3-6,15H,1-2H3. The summed E-state index contributed by atoms with van der Waals surface area (Å²) in [5.74, 6) is -0.679. The van der Waals surface area contributed by atoms with E-state index in [-0.39, 0.29) is 11.3 Å². The second-order valence-electron chi connectivity index (χ2n) is 3.70. The molecule has 0 spiro atoms. The van der Waals surface area contributed by atoms with Crippen LogP contribution in [0.3, 0.4) is 0 Å². The van der Waals surface area contributed by atoms with Crippen LogP contribution < -0.4 is 0 Å². The Balaban J connectivity index is 2.91. The summed E-state index contributed by atoms with van der Waals surface area (Å²) in [4.78, 5) is 11.6. The first-order chi connectivity index (χ1) is 8.07. The van der Waals surface area contributed by atoms with Crippen LogP contribution in [0.1, 0.15) is 15.9 Å². The number of phenols is 1. The van der Waals surface area contributed by atoms with E-state index < -0.39 is 5.97 Å². The van der Waals surface area contributed by atoms with Crippen LogP contribution in [0.5, 0.6) is 5.75 Å². The Kier molecular flexibility index (Phi) is 2.94. The van der Waals surface area contributed by atoms with Gasteiger partial charge in [0.2, 0.25) is 0 Å². The van der Waals surface area contributed by atoms with Crippen molar-refractivity contribution in [1.82, 2.24) is 0 Å². The highest BCUT2D eigenvalue weighted by Crippen LogP contribution is 2.37. The molecule has 0 unspecified atom stereocenters. The molecule has 0 aromatic heterocycles. The molecule has 0 heterocycles. The summed E-state index contributed by atoms with van der Waals surface area (Å²) >= 11 is 6.19. The van der Waals surface area contributed by atoms with Crippen molar-refractivity contribution < 1.29 is 14.6 Å². The Morgan fingerprint density at radius 2 is 1.88 bits per heavy atom. The molecule has 0 aliphatic rings. The van der Waals surface area contributed by atoms with Gasteiger partial charge in [-0.25, -0.2) is 4.79 Å². The van der Waals surface area contributed by atoms with Gasteiger partial charge < -0.3 is 9.84 Å². The van der Waals surface area contributed by atoms with E-state index >= 15 is 0 Å². The number of aromatic hydroxyl groups is 1. The Hall–Kier alpha value is -1.74. The van der Waals surface area contributed by atoms with Crippen molar-refractivity contribution in [2.75, 3.05) is 7.11 Å². The lowest BCUT2D eigenvalue weighted by atomic mass is 10.00. The molecule has 1 N–H and O–H groups in total. The molecule has 0 fully saturated rings. The fourth-order valence-corrected chi connectivity index (χ4v) is 2.12. The van der Waals surface area contributed by atoms with Gasteiger partial charge in [-0.2, -0.15) is 0 Å². The van der Waals surface area contributed by atoms with Gasteiger partial charge in [0.1, 0.15) is 11.3 Å². The molecule has 0 aliphatic carbocycles. The van der Waals surface area contributed by atoms with E-state index in [1.807, 2.05) is 6.07 Å². The molecule has 2 aromatic carbocycles. The molecule has 17 heavy (non-hydrogen) atoms. The highest BCUT2D eigenvalue weighted by atomic mass is 35.5. The molecule has 3 nitrogen and oxygen atoms in total. The molecule has 0 bridgehead atoms. The van der Waals surface area contributed by atoms with Crippen molar-refractivity contribution in [1.29, 1.82) is 0 Å². The van der Waals surface area contributed by atoms with E-state index in [4.69, 9.17) is 11.6 Å². The molecule has 4 heteroatoms. The number of hydrogen-bond donors (Lipinski definition) is 1. The van der Waals surface area contributed by atoms with Gasteiger partial charge in [-0.15, -0.1) is 0 Å². The Morgan fingerprint density at radius 3 is 2.47 bits per heavy atom. The third-order valence-corrected chi connectivity index (χ3v) is 3.24. The fourth-order valence-electron chi connectivity index (χ4n) is 1.86. The SMILES string of the molecule is COC(=O)c1c(C)c(Cl)c2ccccc2c1O. The molecule has 0 saturated heterocycles. The number of rotatable bonds is 1. The minimum absolute atomic E-state index is 0.0886. The number of phenolic OH excluding ortho intramolecular Hbond substituents is 1. The van der Waals surface area contributed by atoms with E-state index in [2.05, 4.69) is 4.74 Å². The molecular weight excluding hydrogens is 240 g/mol. The van der Waals surface area contributed by atoms with Crippen LogP contribution in [-0.4, -0.2) is 18.2 Å². The number of benzene rings is 2. The Bertz CT molecular complexity index is 605. The number of hydrogen-bond acceptors (Lipinski definition) is 3. The van der Waals surface area contributed by atoms with E-state index in [9.17, 15) is 9.90 Å². The summed E-state index contributed by atoms with van der Waals surface area (Å²) in [5.41, 5.74) is 0.644. The quantitative estimate of drug-likeness (QED) is 0.790. The van der Waals surface area contributed by atoms with E-state index in [0.29, 0.717) is 16.0 Å². The van der Waals surface area contributed by atoms with Crippen LogP contribution in [0.4, 0.5) is 0 Å². The zero-order chi connectivity index (χ0) is 12.6. The van der Waals surface area contributed by atoms with Crippen LogP contribution in [0.2, 0.25) is 5.02 Å². The second kappa shape index (κ2) is 4.26. The molecular formula is C13H11ClO3. The molecule has 2 rings (SSSR count). The van der Waals surface area contributed by atoms with Gasteiger partial charge in [-0.05, 0) is 12.5 Å². The second-order valence-corrected chi connectivity index (χ2v) is 4.08. The van der Waals surface area contributed by atoms with Gasteiger partial charge in [-0.1, -0.05) is 35.9 Å². The summed E-state index contributed by atoms with van der Waals surface area (Å²) < 4.78 is 4.64. The molecule has 0 aliphatic heterocycles. The average Bonchev–Trinajstić information content (AvgIpc) is 2.36. The monoisotopic (exact) mass is 250 g/mol. The normalized spacial score (nSPS) is 10.5. The fraction of sp³-hybridized carbons (Fsp3) is 0.154. The third-order valence-electron chi connectivity index (χ3n) is 2.75. The van der Waals surface area contributed by atoms with Crippen LogP contribution in [0.25, 0.3) is 10.8 Å². The highest BCUT2D eigenvalue weighted by Gasteiger charge is 2.20. The van der Waals surface area contributed by atoms with Gasteiger partial charge in [0.25, 0.3) is 0 Å². The number of esters is 1. The van der Waals surface area contributed by atoms with E-state index in [1.54, 1.807) is 25.1 Å². The first-order valence-corrected chi connectivity index (χ1v) is 5.43. The maximum Gasteiger partial charge on any atom is 0.341 e. The van der Waals surface area contributed by atoms with E-state index in [1.165, 1.54) is 7.11 Å². The van der Waals surface area contributed by atoms with Crippen LogP contribution in [0.15, 0.2) is 24.3 Å². The van der Waals surface area contributed by atoms with Crippen LogP contribution in [-0.2, 0) is 4.74 Å². The summed E-state index contributed by atoms with van der Waals surface area (Å²) in [7, 11) is 1.27. The van der Waals surface area contributed by atoms with Gasteiger partial charge >= 0.3 is 5.97 Å². The number of halogens is 1. The third kappa shape index (κ3) is 1.72. The first kappa shape index (κ1) is 11.7. The summed E-state index contributed by atoms with van der Waals surface area (Å²) in [5, 5.41) is 11.8. The molecule has 88 valence electrons. The lowest BCUT2D eigenvalue weighted by Crippen LogP contribution is -2.05. The predicted molar refractivity (Wildman–Crippen MR) is 66.7 cm³/mol. The Labute approximate surface area is 104 Å². The summed E-state index contributed by atoms with van der Waals surface area (Å²) in [6.45, 7) is 1.68. The van der Waals surface area contributed by atoms with E-state index in [0.717, 1.165) is 5.39 Å². The summed E-state index contributed by atoms with van der Waals surface area (Å²) in [6.07, 6.45) is 0. The largest absolute Gasteiger partial charge is 0.506 e. The van der Waals surface area contributed by atoms with Gasteiger partial charge in [0.15, 0.2) is 0 Å². The van der Waals surface area contributed by atoms with Crippen molar-refractivity contribution in [3.63, 3.8) is 0 Å². The number of methoxy groups -OCH3 is 1. The number of ether oxygens (including phenoxy) is 1. The van der Waals surface area contributed by atoms with Gasteiger partial charge in [0, 0.05) is 10.8 Å². The number of carbonyl (C=O) groups is 1. The molecule has 0 atom stereocenters. The molecule has 0 amide bonds. The smallest absolute Gasteiger partial charge is 0.341 e. The van der Waals surface area contributed by atoms with Crippen molar-refractivity contribution in [3.8, 4) is 5.75 Å². The molecule has 2 aromatic rings. The van der Waals surface area contributed by atoms with Gasteiger partial charge in [-0.3, -0.25) is 0 Å². The van der Waals surface area contributed by atoms with Crippen LogP contribution >= 0.6 is 11.6 Å².